The topological polar surface area (TPSA) is 33.2 Å². The molecule has 0 amide bonds. The first-order valence-corrected chi connectivity index (χ1v) is 6.83. The molecule has 0 atom stereocenters. The lowest BCUT2D eigenvalue weighted by Gasteiger charge is -2.18. The molecule has 0 N–H and O–H groups in total. The predicted octanol–water partition coefficient (Wildman–Crippen LogP) is 3.56. The summed E-state index contributed by atoms with van der Waals surface area (Å²) in [5.74, 6) is 1.01. The van der Waals surface area contributed by atoms with Crippen LogP contribution in [0.1, 0.15) is 29.8 Å². The molecule has 0 aliphatic carbocycles. The summed E-state index contributed by atoms with van der Waals surface area (Å²) in [5, 5.41) is 0. The zero-order chi connectivity index (χ0) is 14.5. The average Bonchev–Trinajstić information content (AvgIpc) is 2.47. The fraction of sp³-hybridized carbons (Fsp3) is 0.294. The van der Waals surface area contributed by atoms with Crippen molar-refractivity contribution in [2.75, 3.05) is 11.9 Å². The number of nitrogens with zero attached hydrogens (tertiary/aromatic N) is 2. The fourth-order valence-corrected chi connectivity index (χ4v) is 2.03. The van der Waals surface area contributed by atoms with Gasteiger partial charge in [-0.2, -0.15) is 0 Å². The van der Waals surface area contributed by atoms with Gasteiger partial charge >= 0.3 is 0 Å². The van der Waals surface area contributed by atoms with E-state index in [1.807, 2.05) is 51.2 Å². The first-order valence-electron chi connectivity index (χ1n) is 6.83. The van der Waals surface area contributed by atoms with Gasteiger partial charge in [-0.1, -0.05) is 44.2 Å². The molecule has 2 rings (SSSR count). The van der Waals surface area contributed by atoms with Crippen molar-refractivity contribution in [2.45, 2.75) is 20.4 Å². The molecule has 104 valence electrons. The van der Waals surface area contributed by atoms with Crippen LogP contribution in [0, 0.1) is 5.92 Å². The van der Waals surface area contributed by atoms with Gasteiger partial charge in [0.05, 0.1) is 0 Å². The Labute approximate surface area is 120 Å². The second-order valence-corrected chi connectivity index (χ2v) is 5.27. The van der Waals surface area contributed by atoms with Gasteiger partial charge in [0.15, 0.2) is 5.78 Å². The van der Waals surface area contributed by atoms with Gasteiger partial charge in [0.25, 0.3) is 0 Å². The minimum atomic E-state index is 0.00435. The summed E-state index contributed by atoms with van der Waals surface area (Å²) in [6.07, 6.45) is 1.67. The molecule has 2 aromatic rings. The van der Waals surface area contributed by atoms with Crippen LogP contribution in [-0.2, 0) is 6.54 Å². The van der Waals surface area contributed by atoms with Crippen molar-refractivity contribution in [2.24, 2.45) is 5.92 Å². The highest BCUT2D eigenvalue weighted by Crippen LogP contribution is 2.15. The number of hydrogen-bond donors (Lipinski definition) is 0. The quantitative estimate of drug-likeness (QED) is 0.777. The van der Waals surface area contributed by atoms with Gasteiger partial charge in [-0.15, -0.1) is 0 Å². The first-order chi connectivity index (χ1) is 9.58. The molecule has 0 spiro atoms. The third kappa shape index (κ3) is 3.44. The molecule has 0 aliphatic rings. The molecule has 3 heteroatoms. The van der Waals surface area contributed by atoms with E-state index in [4.69, 9.17) is 0 Å². The summed E-state index contributed by atoms with van der Waals surface area (Å²) < 4.78 is 0. The zero-order valence-corrected chi connectivity index (χ0v) is 12.2. The summed E-state index contributed by atoms with van der Waals surface area (Å²) >= 11 is 0. The molecule has 0 saturated heterocycles. The molecule has 3 nitrogen and oxygen atoms in total. The Balaban J connectivity index is 2.08. The van der Waals surface area contributed by atoms with Crippen LogP contribution in [0.5, 0.6) is 0 Å². The number of ketones is 1. The van der Waals surface area contributed by atoms with Gasteiger partial charge in [-0.3, -0.25) is 4.79 Å². The highest BCUT2D eigenvalue weighted by molar-refractivity contribution is 5.97. The van der Waals surface area contributed by atoms with E-state index in [-0.39, 0.29) is 11.7 Å². The highest BCUT2D eigenvalue weighted by Gasteiger charge is 2.11. The molecule has 0 bridgehead atoms. The molecule has 0 unspecified atom stereocenters. The Bertz CT molecular complexity index is 561. The van der Waals surface area contributed by atoms with Gasteiger partial charge in [0, 0.05) is 31.3 Å². The lowest BCUT2D eigenvalue weighted by molar-refractivity contribution is 0.0939. The van der Waals surface area contributed by atoms with Crippen LogP contribution < -0.4 is 4.90 Å². The van der Waals surface area contributed by atoms with Gasteiger partial charge in [-0.05, 0) is 17.7 Å². The summed E-state index contributed by atoms with van der Waals surface area (Å²) in [7, 11) is 2.00. The Morgan fingerprint density at radius 3 is 2.40 bits per heavy atom. The van der Waals surface area contributed by atoms with Gasteiger partial charge in [-0.25, -0.2) is 4.98 Å². The van der Waals surface area contributed by atoms with Crippen LogP contribution in [0.2, 0.25) is 0 Å². The van der Waals surface area contributed by atoms with Crippen LogP contribution in [0.4, 0.5) is 5.82 Å². The molecule has 20 heavy (non-hydrogen) atoms. The average molecular weight is 268 g/mol. The summed E-state index contributed by atoms with van der Waals surface area (Å²) in [6, 6.07) is 14.0. The Kier molecular flexibility index (Phi) is 4.51. The molecule has 0 saturated carbocycles. The Morgan fingerprint density at radius 1 is 1.15 bits per heavy atom. The maximum Gasteiger partial charge on any atom is 0.166 e. The maximum absolute atomic E-state index is 11.9. The second kappa shape index (κ2) is 6.33. The molecule has 0 fully saturated rings. The summed E-state index contributed by atoms with van der Waals surface area (Å²) in [4.78, 5) is 18.3. The molecule has 0 radical (unpaired) electrons. The SMILES string of the molecule is CC(C)C(=O)c1ccc(N(C)Cc2ccccc2)nc1. The third-order valence-electron chi connectivity index (χ3n) is 3.21. The van der Waals surface area contributed by atoms with Crippen LogP contribution in [0.3, 0.4) is 0 Å². The Hall–Kier alpha value is -2.16. The van der Waals surface area contributed by atoms with Crippen LogP contribution in [0.25, 0.3) is 0 Å². The van der Waals surface area contributed by atoms with Crippen LogP contribution in [0.15, 0.2) is 48.7 Å². The van der Waals surface area contributed by atoms with E-state index in [2.05, 4.69) is 22.0 Å². The lowest BCUT2D eigenvalue weighted by atomic mass is 10.0. The molecular formula is C17H20N2O. The molecule has 1 aromatic heterocycles. The first kappa shape index (κ1) is 14.3. The van der Waals surface area contributed by atoms with Crippen molar-refractivity contribution in [3.05, 3.63) is 59.8 Å². The standard InChI is InChI=1S/C17H20N2O/c1-13(2)17(20)15-9-10-16(18-11-15)19(3)12-14-7-5-4-6-8-14/h4-11,13H,12H2,1-3H3. The number of anilines is 1. The largest absolute Gasteiger partial charge is 0.355 e. The van der Waals surface area contributed by atoms with Crippen molar-refractivity contribution in [1.29, 1.82) is 0 Å². The van der Waals surface area contributed by atoms with E-state index in [9.17, 15) is 4.79 Å². The minimum Gasteiger partial charge on any atom is -0.355 e. The van der Waals surface area contributed by atoms with E-state index in [1.54, 1.807) is 6.20 Å². The number of carbonyl (C=O) groups is 1. The van der Waals surface area contributed by atoms with Crippen molar-refractivity contribution in [3.8, 4) is 0 Å². The monoisotopic (exact) mass is 268 g/mol. The van der Waals surface area contributed by atoms with E-state index in [0.29, 0.717) is 5.56 Å². The molecular weight excluding hydrogens is 248 g/mol. The van der Waals surface area contributed by atoms with E-state index < -0.39 is 0 Å². The number of Topliss-reactive ketones (excluding diaryl/α,β-unsaturated/α-hetero) is 1. The zero-order valence-electron chi connectivity index (χ0n) is 12.2. The molecule has 1 aromatic carbocycles. The Morgan fingerprint density at radius 2 is 1.85 bits per heavy atom. The smallest absolute Gasteiger partial charge is 0.166 e. The van der Waals surface area contributed by atoms with Crippen molar-refractivity contribution < 1.29 is 4.79 Å². The number of carbonyl (C=O) groups excluding carboxylic acids is 1. The van der Waals surface area contributed by atoms with Gasteiger partial charge in [0.2, 0.25) is 0 Å². The number of pyridine rings is 1. The van der Waals surface area contributed by atoms with Crippen LogP contribution in [-0.4, -0.2) is 17.8 Å². The van der Waals surface area contributed by atoms with Crippen molar-refractivity contribution >= 4 is 11.6 Å². The third-order valence-corrected chi connectivity index (χ3v) is 3.21. The van der Waals surface area contributed by atoms with Gasteiger partial charge < -0.3 is 4.90 Å². The second-order valence-electron chi connectivity index (χ2n) is 5.27. The van der Waals surface area contributed by atoms with Crippen molar-refractivity contribution in [1.82, 2.24) is 4.98 Å². The minimum absolute atomic E-state index is 0.00435. The van der Waals surface area contributed by atoms with Gasteiger partial charge in [0.1, 0.15) is 5.82 Å². The van der Waals surface area contributed by atoms with E-state index in [0.717, 1.165) is 12.4 Å². The maximum atomic E-state index is 11.9. The fourth-order valence-electron chi connectivity index (χ4n) is 2.03. The van der Waals surface area contributed by atoms with Crippen LogP contribution >= 0.6 is 0 Å². The van der Waals surface area contributed by atoms with E-state index in [1.165, 1.54) is 5.56 Å². The number of rotatable bonds is 5. The highest BCUT2D eigenvalue weighted by atomic mass is 16.1. The van der Waals surface area contributed by atoms with Crippen molar-refractivity contribution in [3.63, 3.8) is 0 Å². The number of benzene rings is 1. The normalized spacial score (nSPS) is 10.6. The lowest BCUT2D eigenvalue weighted by Crippen LogP contribution is -2.18. The number of aromatic nitrogens is 1. The van der Waals surface area contributed by atoms with E-state index >= 15 is 0 Å². The summed E-state index contributed by atoms with van der Waals surface area (Å²) in [5.41, 5.74) is 1.91. The number of hydrogen-bond acceptors (Lipinski definition) is 3. The summed E-state index contributed by atoms with van der Waals surface area (Å²) in [6.45, 7) is 4.60. The molecule has 1 heterocycles. The predicted molar refractivity (Wildman–Crippen MR) is 82.0 cm³/mol. The molecule has 0 aliphatic heterocycles.